The molecule has 4 amide bonds. The standard InChI is InChI=1S/C25H34N4O4/c1-17-13-24(3,4)16-25(14-17)22(32)29(23(33)26-25)15-21(31)28-11-9-27(10-12-28)20-7-5-19(6-8-20)18(2)30/h5-8,17H,9-16H2,1-4H3,(H,26,33)/t17-,25+/m1/s1. The Bertz CT molecular complexity index is 965. The van der Waals surface area contributed by atoms with Gasteiger partial charge in [0.1, 0.15) is 12.1 Å². The van der Waals surface area contributed by atoms with Crippen molar-refractivity contribution in [1.82, 2.24) is 15.1 Å². The minimum absolute atomic E-state index is 0.0329. The molecule has 0 unspecified atom stereocenters. The van der Waals surface area contributed by atoms with Gasteiger partial charge in [0, 0.05) is 37.4 Å². The van der Waals surface area contributed by atoms with Crippen LogP contribution in [0.1, 0.15) is 57.3 Å². The maximum Gasteiger partial charge on any atom is 0.325 e. The van der Waals surface area contributed by atoms with Crippen LogP contribution in [0, 0.1) is 11.3 Å². The summed E-state index contributed by atoms with van der Waals surface area (Å²) < 4.78 is 0. The fourth-order valence-corrected chi connectivity index (χ4v) is 6.01. The van der Waals surface area contributed by atoms with E-state index >= 15 is 0 Å². The van der Waals surface area contributed by atoms with E-state index in [4.69, 9.17) is 0 Å². The molecule has 8 nitrogen and oxygen atoms in total. The molecule has 2 heterocycles. The summed E-state index contributed by atoms with van der Waals surface area (Å²) >= 11 is 0. The van der Waals surface area contributed by atoms with Gasteiger partial charge in [-0.2, -0.15) is 0 Å². The number of carbonyl (C=O) groups is 4. The fraction of sp³-hybridized carbons (Fsp3) is 0.600. The van der Waals surface area contributed by atoms with E-state index in [1.165, 1.54) is 0 Å². The summed E-state index contributed by atoms with van der Waals surface area (Å²) in [6, 6.07) is 7.02. The Labute approximate surface area is 195 Å². The highest BCUT2D eigenvalue weighted by Crippen LogP contribution is 2.46. The molecule has 3 aliphatic rings. The summed E-state index contributed by atoms with van der Waals surface area (Å²) in [5, 5.41) is 2.94. The Kier molecular flexibility index (Phi) is 5.97. The molecular weight excluding hydrogens is 420 g/mol. The second kappa shape index (κ2) is 8.47. The van der Waals surface area contributed by atoms with Gasteiger partial charge in [-0.25, -0.2) is 4.79 Å². The van der Waals surface area contributed by atoms with Crippen molar-refractivity contribution < 1.29 is 19.2 Å². The minimum Gasteiger partial charge on any atom is -0.368 e. The first-order valence-corrected chi connectivity index (χ1v) is 11.8. The van der Waals surface area contributed by atoms with Crippen LogP contribution >= 0.6 is 0 Å². The Hall–Kier alpha value is -2.90. The highest BCUT2D eigenvalue weighted by molar-refractivity contribution is 6.09. The van der Waals surface area contributed by atoms with Crippen LogP contribution in [-0.2, 0) is 9.59 Å². The lowest BCUT2D eigenvalue weighted by Gasteiger charge is -2.43. The van der Waals surface area contributed by atoms with E-state index in [1.54, 1.807) is 11.8 Å². The largest absolute Gasteiger partial charge is 0.368 e. The Balaban J connectivity index is 1.36. The molecule has 3 fully saturated rings. The number of anilines is 1. The zero-order valence-electron chi connectivity index (χ0n) is 20.0. The summed E-state index contributed by atoms with van der Waals surface area (Å²) in [6.07, 6.45) is 2.23. The van der Waals surface area contributed by atoms with Crippen LogP contribution in [0.5, 0.6) is 0 Å². The number of benzene rings is 1. The van der Waals surface area contributed by atoms with Crippen molar-refractivity contribution in [3.63, 3.8) is 0 Å². The van der Waals surface area contributed by atoms with Crippen molar-refractivity contribution in [2.24, 2.45) is 11.3 Å². The number of rotatable bonds is 4. The van der Waals surface area contributed by atoms with Crippen LogP contribution in [0.3, 0.4) is 0 Å². The molecule has 0 aromatic heterocycles. The number of hydrogen-bond donors (Lipinski definition) is 1. The molecule has 1 N–H and O–H groups in total. The van der Waals surface area contributed by atoms with Gasteiger partial charge in [0.05, 0.1) is 0 Å². The number of nitrogens with one attached hydrogen (secondary N) is 1. The molecule has 178 valence electrons. The molecular formula is C25H34N4O4. The molecule has 1 saturated carbocycles. The van der Waals surface area contributed by atoms with Crippen molar-refractivity contribution in [2.75, 3.05) is 37.6 Å². The molecule has 1 spiro atoms. The maximum atomic E-state index is 13.3. The maximum absolute atomic E-state index is 13.3. The molecule has 33 heavy (non-hydrogen) atoms. The third kappa shape index (κ3) is 4.61. The van der Waals surface area contributed by atoms with E-state index in [1.807, 2.05) is 24.3 Å². The molecule has 0 bridgehead atoms. The number of urea groups is 1. The molecule has 2 atom stereocenters. The lowest BCUT2D eigenvalue weighted by Crippen LogP contribution is -2.55. The SMILES string of the molecule is CC(=O)c1ccc(N2CCN(C(=O)CN3C(=O)N[C@]4(C[C@H](C)CC(C)(C)C4)C3=O)CC2)cc1. The zero-order chi connectivity index (χ0) is 24.0. The van der Waals surface area contributed by atoms with Crippen molar-refractivity contribution in [2.45, 2.75) is 52.5 Å². The molecule has 2 saturated heterocycles. The van der Waals surface area contributed by atoms with Crippen molar-refractivity contribution in [3.05, 3.63) is 29.8 Å². The van der Waals surface area contributed by atoms with Gasteiger partial charge in [0.15, 0.2) is 5.78 Å². The summed E-state index contributed by atoms with van der Waals surface area (Å²) in [5.41, 5.74) is 0.759. The van der Waals surface area contributed by atoms with Gasteiger partial charge in [-0.1, -0.05) is 20.8 Å². The second-order valence-corrected chi connectivity index (χ2v) is 10.7. The van der Waals surface area contributed by atoms with Gasteiger partial charge in [0.25, 0.3) is 5.91 Å². The Morgan fingerprint density at radius 2 is 1.67 bits per heavy atom. The molecule has 2 aliphatic heterocycles. The third-order valence-corrected chi connectivity index (χ3v) is 7.19. The van der Waals surface area contributed by atoms with Gasteiger partial charge in [-0.3, -0.25) is 19.3 Å². The lowest BCUT2D eigenvalue weighted by molar-refractivity contribution is -0.140. The third-order valence-electron chi connectivity index (χ3n) is 7.19. The predicted octanol–water partition coefficient (Wildman–Crippen LogP) is 2.67. The molecule has 8 heteroatoms. The van der Waals surface area contributed by atoms with Crippen LogP contribution in [0.25, 0.3) is 0 Å². The first kappa shape index (κ1) is 23.3. The van der Waals surface area contributed by atoms with Gasteiger partial charge >= 0.3 is 6.03 Å². The topological polar surface area (TPSA) is 90.0 Å². The molecule has 1 aliphatic carbocycles. The normalized spacial score (nSPS) is 27.2. The smallest absolute Gasteiger partial charge is 0.325 e. The van der Waals surface area contributed by atoms with Crippen molar-refractivity contribution >= 4 is 29.3 Å². The highest BCUT2D eigenvalue weighted by Gasteiger charge is 2.56. The van der Waals surface area contributed by atoms with Crippen LogP contribution in [0.15, 0.2) is 24.3 Å². The molecule has 1 aromatic carbocycles. The Morgan fingerprint density at radius 1 is 1.03 bits per heavy atom. The minimum atomic E-state index is -0.886. The summed E-state index contributed by atoms with van der Waals surface area (Å²) in [4.78, 5) is 55.4. The van der Waals surface area contributed by atoms with Gasteiger partial charge < -0.3 is 15.1 Å². The van der Waals surface area contributed by atoms with E-state index in [2.05, 4.69) is 31.0 Å². The van der Waals surface area contributed by atoms with Crippen LogP contribution in [0.2, 0.25) is 0 Å². The van der Waals surface area contributed by atoms with E-state index in [0.29, 0.717) is 50.5 Å². The number of ketones is 1. The number of piperazine rings is 1. The highest BCUT2D eigenvalue weighted by atomic mass is 16.2. The summed E-state index contributed by atoms with van der Waals surface area (Å²) in [6.45, 7) is 10.1. The number of amides is 4. The average molecular weight is 455 g/mol. The van der Waals surface area contributed by atoms with Crippen LogP contribution < -0.4 is 10.2 Å². The van der Waals surface area contributed by atoms with E-state index < -0.39 is 11.6 Å². The molecule has 0 radical (unpaired) electrons. The van der Waals surface area contributed by atoms with E-state index in [9.17, 15) is 19.2 Å². The van der Waals surface area contributed by atoms with E-state index in [-0.39, 0.29) is 29.6 Å². The van der Waals surface area contributed by atoms with Crippen molar-refractivity contribution in [3.8, 4) is 0 Å². The first-order valence-electron chi connectivity index (χ1n) is 11.8. The molecule has 4 rings (SSSR count). The quantitative estimate of drug-likeness (QED) is 0.558. The van der Waals surface area contributed by atoms with Gasteiger partial charge in [-0.15, -0.1) is 0 Å². The number of nitrogens with zero attached hydrogens (tertiary/aromatic N) is 3. The molecule has 1 aromatic rings. The summed E-state index contributed by atoms with van der Waals surface area (Å²) in [5.74, 6) is -0.105. The summed E-state index contributed by atoms with van der Waals surface area (Å²) in [7, 11) is 0. The second-order valence-electron chi connectivity index (χ2n) is 10.7. The van der Waals surface area contributed by atoms with E-state index in [0.717, 1.165) is 17.0 Å². The number of imide groups is 1. The number of hydrogen-bond acceptors (Lipinski definition) is 5. The van der Waals surface area contributed by atoms with Crippen LogP contribution in [0.4, 0.5) is 10.5 Å². The van der Waals surface area contributed by atoms with Crippen molar-refractivity contribution in [1.29, 1.82) is 0 Å². The first-order chi connectivity index (χ1) is 15.5. The van der Waals surface area contributed by atoms with Gasteiger partial charge in [0.2, 0.25) is 5.91 Å². The monoisotopic (exact) mass is 454 g/mol. The van der Waals surface area contributed by atoms with Crippen LogP contribution in [-0.4, -0.2) is 71.7 Å². The zero-order valence-corrected chi connectivity index (χ0v) is 20.0. The lowest BCUT2D eigenvalue weighted by atomic mass is 9.64. The predicted molar refractivity (Wildman–Crippen MR) is 125 cm³/mol. The fourth-order valence-electron chi connectivity index (χ4n) is 6.01. The van der Waals surface area contributed by atoms with Gasteiger partial charge in [-0.05, 0) is 61.8 Å². The Morgan fingerprint density at radius 3 is 2.24 bits per heavy atom. The average Bonchev–Trinajstić information content (AvgIpc) is 2.95. The number of carbonyl (C=O) groups excluding carboxylic acids is 4. The number of Topliss-reactive ketones (excluding diaryl/α,β-unsaturated/α-hetero) is 1.